The first-order valence-electron chi connectivity index (χ1n) is 11.7. The largest absolute Gasteiger partial charge is 0.492 e. The summed E-state index contributed by atoms with van der Waals surface area (Å²) in [5.41, 5.74) is 7.99. The summed E-state index contributed by atoms with van der Waals surface area (Å²) in [7, 11) is 0. The molecule has 1 aliphatic rings. The minimum atomic E-state index is -0.387. The van der Waals surface area contributed by atoms with Crippen molar-refractivity contribution in [2.75, 3.05) is 24.6 Å². The molecule has 0 saturated heterocycles. The third-order valence-electron chi connectivity index (χ3n) is 5.91. The van der Waals surface area contributed by atoms with Crippen molar-refractivity contribution in [2.45, 2.75) is 13.1 Å². The maximum absolute atomic E-state index is 13.6. The molecule has 2 heterocycles. The van der Waals surface area contributed by atoms with E-state index >= 15 is 0 Å². The van der Waals surface area contributed by atoms with Gasteiger partial charge in [0.1, 0.15) is 18.9 Å². The average Bonchev–Trinajstić information content (AvgIpc) is 3.34. The van der Waals surface area contributed by atoms with Gasteiger partial charge in [-0.15, -0.1) is 10.2 Å². The molecule has 2 amide bonds. The molecular formula is C27H24ClN5O4. The van der Waals surface area contributed by atoms with Gasteiger partial charge in [-0.05, 0) is 42.0 Å². The van der Waals surface area contributed by atoms with E-state index in [0.29, 0.717) is 36.4 Å². The van der Waals surface area contributed by atoms with Crippen LogP contribution < -0.4 is 15.4 Å². The SMILES string of the molecule is NCCOc1ccc(C(=O)N2CC(=O)N(Cc3nnc(-c4ccccc4)o3)Cc3ccccc32)c(Cl)c1. The summed E-state index contributed by atoms with van der Waals surface area (Å²) in [6.07, 6.45) is 0. The Hall–Kier alpha value is -4.21. The Morgan fingerprint density at radius 3 is 2.59 bits per heavy atom. The Balaban J connectivity index is 1.39. The number of benzene rings is 3. The van der Waals surface area contributed by atoms with Crippen LogP contribution in [-0.4, -0.2) is 46.6 Å². The summed E-state index contributed by atoms with van der Waals surface area (Å²) in [5, 5.41) is 8.46. The molecule has 0 fully saturated rings. The normalized spacial score (nSPS) is 13.3. The molecule has 0 spiro atoms. The summed E-state index contributed by atoms with van der Waals surface area (Å²) in [6, 6.07) is 21.6. The number of ether oxygens (including phenoxy) is 1. The number of anilines is 1. The highest BCUT2D eigenvalue weighted by atomic mass is 35.5. The molecule has 9 nitrogen and oxygen atoms in total. The Bertz CT molecular complexity index is 1430. The molecule has 10 heteroatoms. The van der Waals surface area contributed by atoms with E-state index in [-0.39, 0.29) is 42.0 Å². The summed E-state index contributed by atoms with van der Waals surface area (Å²) in [4.78, 5) is 30.0. The van der Waals surface area contributed by atoms with E-state index < -0.39 is 0 Å². The monoisotopic (exact) mass is 517 g/mol. The predicted octanol–water partition coefficient (Wildman–Crippen LogP) is 3.92. The number of halogens is 1. The summed E-state index contributed by atoms with van der Waals surface area (Å²) in [5.74, 6) is 0.550. The predicted molar refractivity (Wildman–Crippen MR) is 138 cm³/mol. The van der Waals surface area contributed by atoms with Crippen LogP contribution in [0.4, 0.5) is 5.69 Å². The number of hydrogen-bond acceptors (Lipinski definition) is 7. The smallest absolute Gasteiger partial charge is 0.260 e. The molecule has 0 atom stereocenters. The van der Waals surface area contributed by atoms with Crippen LogP contribution in [0.5, 0.6) is 5.75 Å². The Morgan fingerprint density at radius 2 is 1.81 bits per heavy atom. The molecule has 1 aromatic heterocycles. The van der Waals surface area contributed by atoms with E-state index in [2.05, 4.69) is 10.2 Å². The summed E-state index contributed by atoms with van der Waals surface area (Å²) in [6.45, 7) is 0.917. The highest BCUT2D eigenvalue weighted by Crippen LogP contribution is 2.31. The van der Waals surface area contributed by atoms with Crippen LogP contribution in [0.3, 0.4) is 0 Å². The van der Waals surface area contributed by atoms with Crippen LogP contribution in [-0.2, 0) is 17.9 Å². The van der Waals surface area contributed by atoms with Crippen LogP contribution in [0.2, 0.25) is 5.02 Å². The third kappa shape index (κ3) is 5.32. The lowest BCUT2D eigenvalue weighted by Crippen LogP contribution is -2.40. The van der Waals surface area contributed by atoms with Gasteiger partial charge in [0, 0.05) is 24.3 Å². The lowest BCUT2D eigenvalue weighted by molar-refractivity contribution is -0.131. The van der Waals surface area contributed by atoms with E-state index in [1.165, 1.54) is 4.90 Å². The quantitative estimate of drug-likeness (QED) is 0.395. The standard InChI is InChI=1S/C27H24ClN5O4/c28-22-14-20(36-13-12-29)10-11-21(22)27(35)33-17-25(34)32(15-19-8-4-5-9-23(19)33)16-24-30-31-26(37-24)18-6-2-1-3-7-18/h1-11,14H,12-13,15-17,29H2. The molecule has 0 aliphatic carbocycles. The summed E-state index contributed by atoms with van der Waals surface area (Å²) < 4.78 is 11.3. The van der Waals surface area contributed by atoms with Crippen molar-refractivity contribution in [3.8, 4) is 17.2 Å². The van der Waals surface area contributed by atoms with E-state index in [1.54, 1.807) is 23.1 Å². The number of hydrogen-bond donors (Lipinski definition) is 1. The van der Waals surface area contributed by atoms with Gasteiger partial charge in [-0.1, -0.05) is 48.0 Å². The molecule has 0 unspecified atom stereocenters. The van der Waals surface area contributed by atoms with Gasteiger partial charge in [0.2, 0.25) is 17.7 Å². The lowest BCUT2D eigenvalue weighted by Gasteiger charge is -2.23. The molecule has 0 saturated carbocycles. The first-order chi connectivity index (χ1) is 18.0. The fraction of sp³-hybridized carbons (Fsp3) is 0.185. The minimum Gasteiger partial charge on any atom is -0.492 e. The number of carbonyl (C=O) groups excluding carboxylic acids is 2. The van der Waals surface area contributed by atoms with Gasteiger partial charge >= 0.3 is 0 Å². The fourth-order valence-corrected chi connectivity index (χ4v) is 4.36. The Kier molecular flexibility index (Phi) is 7.16. The molecule has 2 N–H and O–H groups in total. The molecule has 37 heavy (non-hydrogen) atoms. The number of fused-ring (bicyclic) bond motifs is 1. The van der Waals surface area contributed by atoms with Crippen molar-refractivity contribution >= 4 is 29.1 Å². The summed E-state index contributed by atoms with van der Waals surface area (Å²) >= 11 is 6.43. The van der Waals surface area contributed by atoms with Crippen LogP contribution in [0, 0.1) is 0 Å². The second kappa shape index (κ2) is 10.8. The van der Waals surface area contributed by atoms with Crippen LogP contribution in [0.15, 0.2) is 77.2 Å². The zero-order valence-electron chi connectivity index (χ0n) is 19.8. The third-order valence-corrected chi connectivity index (χ3v) is 6.22. The second-order valence-electron chi connectivity index (χ2n) is 8.42. The highest BCUT2D eigenvalue weighted by molar-refractivity contribution is 6.34. The molecule has 0 bridgehead atoms. The zero-order valence-corrected chi connectivity index (χ0v) is 20.6. The van der Waals surface area contributed by atoms with Crippen LogP contribution >= 0.6 is 11.6 Å². The van der Waals surface area contributed by atoms with E-state index in [0.717, 1.165) is 11.1 Å². The topological polar surface area (TPSA) is 115 Å². The first kappa shape index (κ1) is 24.5. The van der Waals surface area contributed by atoms with Gasteiger partial charge in [0.15, 0.2) is 0 Å². The molecule has 5 rings (SSSR count). The van der Waals surface area contributed by atoms with Crippen molar-refractivity contribution in [1.82, 2.24) is 15.1 Å². The first-order valence-corrected chi connectivity index (χ1v) is 12.1. The van der Waals surface area contributed by atoms with Crippen molar-refractivity contribution in [3.05, 3.63) is 94.8 Å². The van der Waals surface area contributed by atoms with E-state index in [1.807, 2.05) is 54.6 Å². The second-order valence-corrected chi connectivity index (χ2v) is 8.82. The van der Waals surface area contributed by atoms with Gasteiger partial charge in [-0.2, -0.15) is 0 Å². The van der Waals surface area contributed by atoms with Crippen LogP contribution in [0.1, 0.15) is 21.8 Å². The minimum absolute atomic E-state index is 0.114. The van der Waals surface area contributed by atoms with Crippen molar-refractivity contribution in [3.63, 3.8) is 0 Å². The number of para-hydroxylation sites is 1. The average molecular weight is 518 g/mol. The van der Waals surface area contributed by atoms with Gasteiger partial charge in [-0.3, -0.25) is 14.5 Å². The van der Waals surface area contributed by atoms with Crippen molar-refractivity contribution in [1.29, 1.82) is 0 Å². The molecule has 1 aliphatic heterocycles. The maximum Gasteiger partial charge on any atom is 0.260 e. The van der Waals surface area contributed by atoms with E-state index in [4.69, 9.17) is 26.5 Å². The highest BCUT2D eigenvalue weighted by Gasteiger charge is 2.31. The molecule has 0 radical (unpaired) electrons. The van der Waals surface area contributed by atoms with Gasteiger partial charge in [0.05, 0.1) is 17.1 Å². The van der Waals surface area contributed by atoms with Gasteiger partial charge in [-0.25, -0.2) is 0 Å². The fourth-order valence-electron chi connectivity index (χ4n) is 4.11. The van der Waals surface area contributed by atoms with E-state index in [9.17, 15) is 9.59 Å². The molecule has 4 aromatic rings. The molecule has 3 aromatic carbocycles. The number of amides is 2. The van der Waals surface area contributed by atoms with Crippen molar-refractivity contribution < 1.29 is 18.7 Å². The van der Waals surface area contributed by atoms with Crippen molar-refractivity contribution in [2.24, 2.45) is 5.73 Å². The number of nitrogens with zero attached hydrogens (tertiary/aromatic N) is 4. The lowest BCUT2D eigenvalue weighted by atomic mass is 10.1. The van der Waals surface area contributed by atoms with Gasteiger partial charge in [0.25, 0.3) is 5.91 Å². The Labute approximate surface area is 218 Å². The van der Waals surface area contributed by atoms with Crippen LogP contribution in [0.25, 0.3) is 11.5 Å². The van der Waals surface area contributed by atoms with Gasteiger partial charge < -0.3 is 19.8 Å². The number of nitrogens with two attached hydrogens (primary N) is 1. The number of aromatic nitrogens is 2. The molecular weight excluding hydrogens is 494 g/mol. The Morgan fingerprint density at radius 1 is 1.03 bits per heavy atom. The maximum atomic E-state index is 13.6. The number of carbonyl (C=O) groups is 2. The molecule has 188 valence electrons. The number of rotatable bonds is 7. The zero-order chi connectivity index (χ0) is 25.8.